The van der Waals surface area contributed by atoms with Crippen molar-refractivity contribution in [3.63, 3.8) is 0 Å². The molecule has 204 valence electrons. The number of ketones is 1. The second kappa shape index (κ2) is 13.5. The molecular weight excluding hydrogens is 484 g/mol. The first kappa shape index (κ1) is 27.7. The van der Waals surface area contributed by atoms with Crippen molar-refractivity contribution < 1.29 is 23.5 Å². The first-order valence-electron chi connectivity index (χ1n) is 13.7. The fourth-order valence-corrected chi connectivity index (χ4v) is 5.21. The monoisotopic (exact) mass is 522 g/mol. The summed E-state index contributed by atoms with van der Waals surface area (Å²) < 4.78 is 11.0. The number of aromatic nitrogens is 2. The van der Waals surface area contributed by atoms with Crippen LogP contribution in [-0.4, -0.2) is 65.0 Å². The lowest BCUT2D eigenvalue weighted by Crippen LogP contribution is -2.46. The highest BCUT2D eigenvalue weighted by molar-refractivity contribution is 6.01. The number of hydrogen-bond acceptors (Lipinski definition) is 7. The number of carbonyl (C=O) groups is 3. The SMILES string of the molecule is C=C(C)[C@H](NC(=O)[C@H](CCC1CCCCC1)CC(=O)N1CCOCC1)C(=O)c1nnc(-c2ccccc2)o1. The molecule has 2 fully saturated rings. The van der Waals surface area contributed by atoms with Crippen LogP contribution in [0.2, 0.25) is 0 Å². The lowest BCUT2D eigenvalue weighted by Gasteiger charge is -2.29. The van der Waals surface area contributed by atoms with Crippen LogP contribution in [0.5, 0.6) is 0 Å². The van der Waals surface area contributed by atoms with Gasteiger partial charge in [0.1, 0.15) is 6.04 Å². The van der Waals surface area contributed by atoms with E-state index in [9.17, 15) is 14.4 Å². The largest absolute Gasteiger partial charge is 0.414 e. The quantitative estimate of drug-likeness (QED) is 0.347. The van der Waals surface area contributed by atoms with Gasteiger partial charge in [-0.3, -0.25) is 14.4 Å². The average molecular weight is 523 g/mol. The molecule has 38 heavy (non-hydrogen) atoms. The molecule has 0 radical (unpaired) electrons. The van der Waals surface area contributed by atoms with Gasteiger partial charge in [0.2, 0.25) is 23.5 Å². The second-order valence-corrected chi connectivity index (χ2v) is 10.4. The summed E-state index contributed by atoms with van der Waals surface area (Å²) in [6.45, 7) is 7.67. The van der Waals surface area contributed by atoms with Crippen molar-refractivity contribution in [2.45, 2.75) is 64.3 Å². The van der Waals surface area contributed by atoms with E-state index >= 15 is 0 Å². The number of hydrogen-bond donors (Lipinski definition) is 1. The number of amides is 2. The van der Waals surface area contributed by atoms with E-state index in [1.165, 1.54) is 32.1 Å². The van der Waals surface area contributed by atoms with Crippen LogP contribution in [0.15, 0.2) is 46.9 Å². The summed E-state index contributed by atoms with van der Waals surface area (Å²) in [5.41, 5.74) is 1.15. The number of nitrogens with one attached hydrogen (secondary N) is 1. The number of benzene rings is 1. The van der Waals surface area contributed by atoms with Gasteiger partial charge in [-0.2, -0.15) is 0 Å². The summed E-state index contributed by atoms with van der Waals surface area (Å²) in [6, 6.07) is 8.13. The fourth-order valence-electron chi connectivity index (χ4n) is 5.21. The Hall–Kier alpha value is -3.33. The number of nitrogens with zero attached hydrogens (tertiary/aromatic N) is 3. The Labute approximate surface area is 224 Å². The van der Waals surface area contributed by atoms with Gasteiger partial charge in [0.25, 0.3) is 5.89 Å². The molecule has 1 saturated carbocycles. The molecule has 1 aromatic carbocycles. The Morgan fingerprint density at radius 1 is 1.08 bits per heavy atom. The molecule has 2 aliphatic rings. The summed E-state index contributed by atoms with van der Waals surface area (Å²) in [5.74, 6) is -0.838. The molecule has 9 heteroatoms. The summed E-state index contributed by atoms with van der Waals surface area (Å²) in [5, 5.41) is 10.8. The van der Waals surface area contributed by atoms with Crippen molar-refractivity contribution in [1.82, 2.24) is 20.4 Å². The summed E-state index contributed by atoms with van der Waals surface area (Å²) in [7, 11) is 0. The molecule has 0 unspecified atom stereocenters. The third-order valence-electron chi connectivity index (χ3n) is 7.50. The minimum absolute atomic E-state index is 0.0558. The zero-order chi connectivity index (χ0) is 26.9. The first-order chi connectivity index (χ1) is 18.4. The van der Waals surface area contributed by atoms with Gasteiger partial charge in [-0.05, 0) is 37.8 Å². The molecule has 9 nitrogen and oxygen atoms in total. The number of Topliss-reactive ketones (excluding diaryl/α,β-unsaturated/α-hetero) is 1. The lowest BCUT2D eigenvalue weighted by molar-refractivity contribution is -0.139. The molecule has 1 aliphatic heterocycles. The molecule has 1 saturated heterocycles. The predicted octanol–water partition coefficient (Wildman–Crippen LogP) is 4.21. The van der Waals surface area contributed by atoms with Crippen LogP contribution in [0.3, 0.4) is 0 Å². The van der Waals surface area contributed by atoms with Gasteiger partial charge in [0, 0.05) is 31.0 Å². The molecule has 2 atom stereocenters. The van der Waals surface area contributed by atoms with Gasteiger partial charge in [-0.25, -0.2) is 0 Å². The van der Waals surface area contributed by atoms with E-state index in [0.717, 1.165) is 6.42 Å². The Morgan fingerprint density at radius 3 is 2.47 bits per heavy atom. The van der Waals surface area contributed by atoms with E-state index in [4.69, 9.17) is 9.15 Å². The van der Waals surface area contributed by atoms with E-state index in [2.05, 4.69) is 22.1 Å². The van der Waals surface area contributed by atoms with Gasteiger partial charge in [0.05, 0.1) is 13.2 Å². The Bertz CT molecular complexity index is 1100. The minimum atomic E-state index is -1.03. The Morgan fingerprint density at radius 2 is 1.79 bits per heavy atom. The lowest BCUT2D eigenvalue weighted by atomic mass is 9.83. The normalized spacial score (nSPS) is 18.0. The van der Waals surface area contributed by atoms with E-state index < -0.39 is 17.7 Å². The number of ether oxygens (including phenoxy) is 1. The molecule has 0 spiro atoms. The molecule has 4 rings (SSSR count). The number of rotatable bonds is 11. The Balaban J connectivity index is 1.45. The van der Waals surface area contributed by atoms with E-state index in [-0.39, 0.29) is 30.0 Å². The molecule has 0 bridgehead atoms. The third kappa shape index (κ3) is 7.37. The van der Waals surface area contributed by atoms with E-state index in [1.807, 2.05) is 30.3 Å². The van der Waals surface area contributed by atoms with Crippen LogP contribution < -0.4 is 5.32 Å². The van der Waals surface area contributed by atoms with E-state index in [1.54, 1.807) is 11.8 Å². The van der Waals surface area contributed by atoms with Crippen LogP contribution in [0.4, 0.5) is 0 Å². The molecule has 2 amide bonds. The van der Waals surface area contributed by atoms with Crippen LogP contribution in [0, 0.1) is 11.8 Å². The minimum Gasteiger partial charge on any atom is -0.414 e. The van der Waals surface area contributed by atoms with Gasteiger partial charge in [-0.1, -0.05) is 62.5 Å². The Kier molecular flexibility index (Phi) is 9.81. The van der Waals surface area contributed by atoms with Crippen molar-refractivity contribution >= 4 is 17.6 Å². The van der Waals surface area contributed by atoms with Crippen LogP contribution in [0.25, 0.3) is 11.5 Å². The standard InChI is InChI=1S/C29H38N4O5/c1-20(2)25(26(35)29-32-31-28(38-29)22-11-7-4-8-12-22)30-27(36)23(14-13-21-9-5-3-6-10-21)19-24(34)33-15-17-37-18-16-33/h4,7-8,11-12,21,23,25H,1,3,5-6,9-10,13-19H2,2H3,(H,30,36)/t23-,25+/m1/s1. The smallest absolute Gasteiger partial charge is 0.286 e. The second-order valence-electron chi connectivity index (χ2n) is 10.4. The maximum atomic E-state index is 13.5. The molecule has 1 aliphatic carbocycles. The van der Waals surface area contributed by atoms with E-state index in [0.29, 0.717) is 49.8 Å². The van der Waals surface area contributed by atoms with Crippen molar-refractivity contribution in [2.75, 3.05) is 26.3 Å². The van der Waals surface area contributed by atoms with Crippen LogP contribution in [0.1, 0.15) is 69.0 Å². The van der Waals surface area contributed by atoms with Gasteiger partial charge >= 0.3 is 0 Å². The highest BCUT2D eigenvalue weighted by Gasteiger charge is 2.32. The highest BCUT2D eigenvalue weighted by atomic mass is 16.5. The molecular formula is C29H38N4O5. The fraction of sp³-hybridized carbons (Fsp3) is 0.552. The van der Waals surface area contributed by atoms with Gasteiger partial charge in [0.15, 0.2) is 0 Å². The van der Waals surface area contributed by atoms with Crippen molar-refractivity contribution in [2.24, 2.45) is 11.8 Å². The average Bonchev–Trinajstić information content (AvgIpc) is 3.45. The number of morpholine rings is 1. The summed E-state index contributed by atoms with van der Waals surface area (Å²) in [4.78, 5) is 41.7. The molecule has 1 N–H and O–H groups in total. The van der Waals surface area contributed by atoms with Gasteiger partial charge in [-0.15, -0.1) is 10.2 Å². The number of carbonyl (C=O) groups excluding carboxylic acids is 3. The molecule has 2 heterocycles. The van der Waals surface area contributed by atoms with Crippen LogP contribution >= 0.6 is 0 Å². The zero-order valence-electron chi connectivity index (χ0n) is 22.2. The van der Waals surface area contributed by atoms with Crippen molar-refractivity contribution in [1.29, 1.82) is 0 Å². The highest BCUT2D eigenvalue weighted by Crippen LogP contribution is 2.30. The first-order valence-corrected chi connectivity index (χ1v) is 13.7. The molecule has 1 aromatic heterocycles. The maximum Gasteiger partial charge on any atom is 0.286 e. The van der Waals surface area contributed by atoms with Crippen LogP contribution in [-0.2, 0) is 14.3 Å². The topological polar surface area (TPSA) is 115 Å². The summed E-state index contributed by atoms with van der Waals surface area (Å²) in [6.07, 6.45) is 7.63. The van der Waals surface area contributed by atoms with Crippen molar-refractivity contribution in [3.05, 3.63) is 48.4 Å². The third-order valence-corrected chi connectivity index (χ3v) is 7.50. The predicted molar refractivity (Wildman–Crippen MR) is 142 cm³/mol. The summed E-state index contributed by atoms with van der Waals surface area (Å²) >= 11 is 0. The van der Waals surface area contributed by atoms with Crippen molar-refractivity contribution in [3.8, 4) is 11.5 Å². The molecule has 2 aromatic rings. The maximum absolute atomic E-state index is 13.5. The van der Waals surface area contributed by atoms with Gasteiger partial charge < -0.3 is 19.4 Å². The zero-order valence-corrected chi connectivity index (χ0v) is 22.2.